The number of carboxylic acids is 1. The summed E-state index contributed by atoms with van der Waals surface area (Å²) in [7, 11) is 0. The van der Waals surface area contributed by atoms with E-state index in [2.05, 4.69) is 10.2 Å². The smallest absolute Gasteiger partial charge is 0.471 e. The molecule has 1 atom stereocenters. The van der Waals surface area contributed by atoms with Gasteiger partial charge in [0, 0.05) is 5.56 Å². The van der Waals surface area contributed by atoms with Crippen LogP contribution in [0.2, 0.25) is 0 Å². The molecule has 0 fully saturated rings. The molecular formula is C10H10F3N3O3. The van der Waals surface area contributed by atoms with Gasteiger partial charge in [-0.3, -0.25) is 9.89 Å². The Morgan fingerprint density at radius 2 is 2.11 bits per heavy atom. The van der Waals surface area contributed by atoms with E-state index in [1.54, 1.807) is 0 Å². The topological polar surface area (TPSA) is 95.1 Å². The van der Waals surface area contributed by atoms with Gasteiger partial charge in [0.15, 0.2) is 5.69 Å². The van der Waals surface area contributed by atoms with E-state index in [4.69, 9.17) is 5.11 Å². The molecule has 1 aliphatic rings. The number of aromatic nitrogens is 2. The lowest BCUT2D eigenvalue weighted by Crippen LogP contribution is -2.40. The molecule has 19 heavy (non-hydrogen) atoms. The second-order valence-electron chi connectivity index (χ2n) is 4.19. The van der Waals surface area contributed by atoms with Crippen LogP contribution >= 0.6 is 0 Å². The third-order valence-electron chi connectivity index (χ3n) is 2.93. The number of H-pyrrole nitrogens is 1. The van der Waals surface area contributed by atoms with Gasteiger partial charge in [0.1, 0.15) is 0 Å². The van der Waals surface area contributed by atoms with Gasteiger partial charge < -0.3 is 10.4 Å². The summed E-state index contributed by atoms with van der Waals surface area (Å²) < 4.78 is 36.5. The summed E-state index contributed by atoms with van der Waals surface area (Å²) in [5.41, 5.74) is 0.383. The van der Waals surface area contributed by atoms with Crippen molar-refractivity contribution in [1.29, 1.82) is 0 Å². The van der Waals surface area contributed by atoms with E-state index in [9.17, 15) is 22.8 Å². The largest absolute Gasteiger partial charge is 0.476 e. The molecular weight excluding hydrogens is 267 g/mol. The molecule has 0 saturated carbocycles. The molecule has 2 rings (SSSR count). The number of nitrogens with one attached hydrogen (secondary N) is 2. The molecule has 104 valence electrons. The number of carbonyl (C=O) groups excluding carboxylic acids is 1. The van der Waals surface area contributed by atoms with Crippen molar-refractivity contribution in [2.24, 2.45) is 0 Å². The van der Waals surface area contributed by atoms with Crippen LogP contribution in [0.1, 0.15) is 40.6 Å². The maximum absolute atomic E-state index is 12.2. The molecule has 1 heterocycles. The number of alkyl halides is 3. The summed E-state index contributed by atoms with van der Waals surface area (Å²) >= 11 is 0. The van der Waals surface area contributed by atoms with E-state index < -0.39 is 24.1 Å². The van der Waals surface area contributed by atoms with E-state index in [0.29, 0.717) is 24.8 Å². The van der Waals surface area contributed by atoms with Gasteiger partial charge in [-0.05, 0) is 19.3 Å². The predicted molar refractivity (Wildman–Crippen MR) is 55.4 cm³/mol. The maximum atomic E-state index is 12.2. The average Bonchev–Trinajstić information content (AvgIpc) is 2.72. The maximum Gasteiger partial charge on any atom is 0.471 e. The number of hydrogen-bond acceptors (Lipinski definition) is 3. The minimum Gasteiger partial charge on any atom is -0.476 e. The first kappa shape index (κ1) is 13.4. The number of amides is 1. The van der Waals surface area contributed by atoms with E-state index in [0.717, 1.165) is 0 Å². The molecule has 0 bridgehead atoms. The zero-order valence-corrected chi connectivity index (χ0v) is 9.54. The van der Waals surface area contributed by atoms with Crippen LogP contribution in [0.25, 0.3) is 0 Å². The van der Waals surface area contributed by atoms with E-state index in [-0.39, 0.29) is 11.4 Å². The number of hydrogen-bond donors (Lipinski definition) is 3. The van der Waals surface area contributed by atoms with Gasteiger partial charge in [-0.1, -0.05) is 0 Å². The van der Waals surface area contributed by atoms with Crippen LogP contribution in [0.15, 0.2) is 0 Å². The molecule has 1 aromatic rings. The van der Waals surface area contributed by atoms with Crippen molar-refractivity contribution in [3.63, 3.8) is 0 Å². The van der Waals surface area contributed by atoms with Crippen molar-refractivity contribution in [2.45, 2.75) is 31.5 Å². The monoisotopic (exact) mass is 277 g/mol. The molecule has 1 unspecified atom stereocenters. The van der Waals surface area contributed by atoms with Gasteiger partial charge in [-0.15, -0.1) is 0 Å². The van der Waals surface area contributed by atoms with Crippen LogP contribution in [0.5, 0.6) is 0 Å². The molecule has 3 N–H and O–H groups in total. The van der Waals surface area contributed by atoms with E-state index in [1.807, 2.05) is 5.32 Å². The first-order chi connectivity index (χ1) is 8.80. The molecule has 9 heteroatoms. The second-order valence-corrected chi connectivity index (χ2v) is 4.19. The summed E-state index contributed by atoms with van der Waals surface area (Å²) in [6.07, 6.45) is -3.77. The van der Waals surface area contributed by atoms with Crippen molar-refractivity contribution in [3.8, 4) is 0 Å². The van der Waals surface area contributed by atoms with Crippen LogP contribution < -0.4 is 5.32 Å². The van der Waals surface area contributed by atoms with Gasteiger partial charge in [0.2, 0.25) is 0 Å². The van der Waals surface area contributed by atoms with Crippen molar-refractivity contribution < 1.29 is 27.9 Å². The first-order valence-electron chi connectivity index (χ1n) is 5.49. The standard InChI is InChI=1S/C10H10F3N3O3/c11-10(12,13)9(19)14-5-3-1-2-4-6(5)15-16-7(4)8(17)18/h5H,1-3H2,(H,14,19)(H,15,16)(H,17,18). The highest BCUT2D eigenvalue weighted by molar-refractivity contribution is 5.87. The number of nitrogens with zero attached hydrogens (tertiary/aromatic N) is 1. The molecule has 0 aliphatic heterocycles. The predicted octanol–water partition coefficient (Wildman–Crippen LogP) is 1.16. The fraction of sp³-hybridized carbons (Fsp3) is 0.500. The van der Waals surface area contributed by atoms with Gasteiger partial charge in [0.25, 0.3) is 0 Å². The third-order valence-corrected chi connectivity index (χ3v) is 2.93. The number of fused-ring (bicyclic) bond motifs is 1. The number of aromatic amines is 1. The Bertz CT molecular complexity index is 524. The molecule has 1 aromatic heterocycles. The number of rotatable bonds is 2. The SMILES string of the molecule is O=C(O)c1n[nH]c2c1CCCC2NC(=O)C(F)(F)F. The van der Waals surface area contributed by atoms with Crippen LogP contribution in [0, 0.1) is 0 Å². The number of carboxylic acid groups (broad SMARTS) is 1. The Kier molecular flexibility index (Phi) is 3.21. The average molecular weight is 277 g/mol. The highest BCUT2D eigenvalue weighted by Gasteiger charge is 2.41. The van der Waals surface area contributed by atoms with E-state index in [1.165, 1.54) is 0 Å². The highest BCUT2D eigenvalue weighted by atomic mass is 19.4. The minimum atomic E-state index is -4.97. The quantitative estimate of drug-likeness (QED) is 0.756. The fourth-order valence-corrected chi connectivity index (χ4v) is 2.11. The Morgan fingerprint density at radius 3 is 2.68 bits per heavy atom. The summed E-state index contributed by atoms with van der Waals surface area (Å²) in [4.78, 5) is 21.8. The highest BCUT2D eigenvalue weighted by Crippen LogP contribution is 2.31. The molecule has 6 nitrogen and oxygen atoms in total. The van der Waals surface area contributed by atoms with Crippen molar-refractivity contribution in [3.05, 3.63) is 17.0 Å². The fourth-order valence-electron chi connectivity index (χ4n) is 2.11. The minimum absolute atomic E-state index is 0.207. The Morgan fingerprint density at radius 1 is 1.42 bits per heavy atom. The van der Waals surface area contributed by atoms with Crippen LogP contribution in [-0.4, -0.2) is 33.4 Å². The molecule has 0 saturated heterocycles. The number of halogens is 3. The van der Waals surface area contributed by atoms with Crippen molar-refractivity contribution >= 4 is 11.9 Å². The summed E-state index contributed by atoms with van der Waals surface area (Å²) in [6, 6.07) is -0.890. The molecule has 1 aliphatic carbocycles. The molecule has 0 spiro atoms. The van der Waals surface area contributed by atoms with Crippen LogP contribution in [0.3, 0.4) is 0 Å². The van der Waals surface area contributed by atoms with Crippen molar-refractivity contribution in [1.82, 2.24) is 15.5 Å². The zero-order valence-electron chi connectivity index (χ0n) is 9.54. The first-order valence-corrected chi connectivity index (χ1v) is 5.49. The number of aromatic carboxylic acids is 1. The van der Waals surface area contributed by atoms with Gasteiger partial charge >= 0.3 is 18.1 Å². The van der Waals surface area contributed by atoms with Gasteiger partial charge in [0.05, 0.1) is 11.7 Å². The third kappa shape index (κ3) is 2.54. The summed E-state index contributed by atoms with van der Waals surface area (Å²) in [5.74, 6) is -3.29. The normalized spacial score (nSPS) is 18.8. The van der Waals surface area contributed by atoms with Gasteiger partial charge in [-0.25, -0.2) is 4.79 Å². The lowest BCUT2D eigenvalue weighted by molar-refractivity contribution is -0.174. The Balaban J connectivity index is 2.24. The van der Waals surface area contributed by atoms with Crippen molar-refractivity contribution in [2.75, 3.05) is 0 Å². The molecule has 0 radical (unpaired) electrons. The van der Waals surface area contributed by atoms with Gasteiger partial charge in [-0.2, -0.15) is 18.3 Å². The second kappa shape index (κ2) is 4.56. The zero-order chi connectivity index (χ0) is 14.2. The molecule has 0 aromatic carbocycles. The summed E-state index contributed by atoms with van der Waals surface area (Å²) in [5, 5.41) is 16.7. The molecule has 1 amide bonds. The van der Waals surface area contributed by atoms with E-state index >= 15 is 0 Å². The van der Waals surface area contributed by atoms with Crippen LogP contribution in [0.4, 0.5) is 13.2 Å². The lowest BCUT2D eigenvalue weighted by atomic mass is 9.91. The van der Waals surface area contributed by atoms with Crippen LogP contribution in [-0.2, 0) is 11.2 Å². The Labute approximate surface area is 105 Å². The summed E-state index contributed by atoms with van der Waals surface area (Å²) in [6.45, 7) is 0. The number of carbonyl (C=O) groups is 2. The lowest BCUT2D eigenvalue weighted by Gasteiger charge is -2.23. The Hall–Kier alpha value is -2.06.